The Kier molecular flexibility index (Phi) is 4.64. The summed E-state index contributed by atoms with van der Waals surface area (Å²) in [5.41, 5.74) is 0.375. The van der Waals surface area contributed by atoms with Gasteiger partial charge in [0, 0.05) is 12.1 Å². The predicted molar refractivity (Wildman–Crippen MR) is 58.5 cm³/mol. The lowest BCUT2D eigenvalue weighted by Crippen LogP contribution is -2.40. The summed E-state index contributed by atoms with van der Waals surface area (Å²) in [7, 11) is 0. The van der Waals surface area contributed by atoms with Crippen molar-refractivity contribution in [3.63, 3.8) is 0 Å². The molecule has 112 valence electrons. The summed E-state index contributed by atoms with van der Waals surface area (Å²) in [6, 6.07) is 3.63. The number of alkyl halides is 5. The average molecular weight is 299 g/mol. The lowest BCUT2D eigenvalue weighted by Gasteiger charge is -2.19. The monoisotopic (exact) mass is 299 g/mol. The van der Waals surface area contributed by atoms with Crippen LogP contribution in [0.25, 0.3) is 0 Å². The third kappa shape index (κ3) is 3.86. The molecule has 1 aromatic carbocycles. The largest absolute Gasteiger partial charge is 0.455 e. The SMILES string of the molecule is Cc1ccc([N+](=O)[O-])cc1COCC(F)(F)C(F)(F)F. The molecular weight excluding hydrogens is 289 g/mol. The van der Waals surface area contributed by atoms with Gasteiger partial charge in [-0.1, -0.05) is 6.07 Å². The first-order valence-electron chi connectivity index (χ1n) is 5.31. The van der Waals surface area contributed by atoms with E-state index in [4.69, 9.17) is 0 Å². The summed E-state index contributed by atoms with van der Waals surface area (Å²) >= 11 is 0. The fourth-order valence-electron chi connectivity index (χ4n) is 1.30. The van der Waals surface area contributed by atoms with Crippen LogP contribution in [0.3, 0.4) is 0 Å². The molecule has 1 rings (SSSR count). The van der Waals surface area contributed by atoms with Gasteiger partial charge >= 0.3 is 12.1 Å². The number of nitrogens with zero attached hydrogens (tertiary/aromatic N) is 1. The van der Waals surface area contributed by atoms with Crippen LogP contribution >= 0.6 is 0 Å². The van der Waals surface area contributed by atoms with Crippen LogP contribution in [0.4, 0.5) is 27.6 Å². The minimum atomic E-state index is -5.69. The molecule has 0 radical (unpaired) electrons. The molecule has 0 aromatic heterocycles. The molecule has 0 heterocycles. The Bertz CT molecular complexity index is 501. The molecule has 9 heteroatoms. The normalized spacial score (nSPS) is 12.5. The second-order valence-electron chi connectivity index (χ2n) is 4.06. The Labute approximate surface area is 110 Å². The molecular formula is C11H10F5NO3. The lowest BCUT2D eigenvalue weighted by molar-refractivity contribution is -0.385. The van der Waals surface area contributed by atoms with Crippen LogP contribution in [0.2, 0.25) is 0 Å². The van der Waals surface area contributed by atoms with Gasteiger partial charge in [-0.05, 0) is 18.1 Å². The van der Waals surface area contributed by atoms with Crippen LogP contribution < -0.4 is 0 Å². The fraction of sp³-hybridized carbons (Fsp3) is 0.455. The van der Waals surface area contributed by atoms with Gasteiger partial charge in [0.25, 0.3) is 5.69 Å². The molecule has 0 bridgehead atoms. The van der Waals surface area contributed by atoms with Crippen LogP contribution in [-0.4, -0.2) is 23.6 Å². The number of hydrogen-bond acceptors (Lipinski definition) is 3. The smallest absolute Gasteiger partial charge is 0.370 e. The maximum Gasteiger partial charge on any atom is 0.455 e. The van der Waals surface area contributed by atoms with E-state index in [2.05, 4.69) is 4.74 Å². The Morgan fingerprint density at radius 3 is 2.35 bits per heavy atom. The maximum atomic E-state index is 12.6. The van der Waals surface area contributed by atoms with Gasteiger partial charge in [0.1, 0.15) is 6.61 Å². The highest BCUT2D eigenvalue weighted by Crippen LogP contribution is 2.35. The molecule has 0 saturated heterocycles. The van der Waals surface area contributed by atoms with Crippen molar-refractivity contribution in [2.45, 2.75) is 25.6 Å². The molecule has 0 N–H and O–H groups in total. The van der Waals surface area contributed by atoms with Gasteiger partial charge in [-0.15, -0.1) is 0 Å². The zero-order chi connectivity index (χ0) is 15.6. The number of nitro groups is 1. The fourth-order valence-corrected chi connectivity index (χ4v) is 1.30. The third-order valence-electron chi connectivity index (χ3n) is 2.50. The zero-order valence-corrected chi connectivity index (χ0v) is 10.2. The standard InChI is InChI=1S/C11H10F5NO3/c1-7-2-3-9(17(18)19)4-8(7)5-20-6-10(12,13)11(14,15)16/h2-4H,5-6H2,1H3. The summed E-state index contributed by atoms with van der Waals surface area (Å²) in [6.45, 7) is -0.873. The molecule has 20 heavy (non-hydrogen) atoms. The first kappa shape index (κ1) is 16.3. The molecule has 0 unspecified atom stereocenters. The number of nitro benzene ring substituents is 1. The number of hydrogen-bond donors (Lipinski definition) is 0. The van der Waals surface area contributed by atoms with E-state index in [9.17, 15) is 32.1 Å². The predicted octanol–water partition coefficient (Wildman–Crippen LogP) is 3.62. The van der Waals surface area contributed by atoms with E-state index < -0.39 is 30.2 Å². The van der Waals surface area contributed by atoms with Crippen molar-refractivity contribution < 1.29 is 31.6 Å². The molecule has 0 aliphatic heterocycles. The van der Waals surface area contributed by atoms with Crippen molar-refractivity contribution in [3.8, 4) is 0 Å². The van der Waals surface area contributed by atoms with Crippen molar-refractivity contribution in [2.24, 2.45) is 0 Å². The van der Waals surface area contributed by atoms with E-state index in [1.165, 1.54) is 19.1 Å². The Morgan fingerprint density at radius 1 is 1.25 bits per heavy atom. The highest BCUT2D eigenvalue weighted by Gasteiger charge is 2.57. The molecule has 0 aliphatic carbocycles. The number of ether oxygens (including phenoxy) is 1. The summed E-state index contributed by atoms with van der Waals surface area (Å²) in [5.74, 6) is -4.96. The van der Waals surface area contributed by atoms with Crippen molar-refractivity contribution >= 4 is 5.69 Å². The number of aryl methyl sites for hydroxylation is 1. The van der Waals surface area contributed by atoms with Crippen molar-refractivity contribution in [1.29, 1.82) is 0 Å². The van der Waals surface area contributed by atoms with Gasteiger partial charge < -0.3 is 4.74 Å². The van der Waals surface area contributed by atoms with E-state index in [0.717, 1.165) is 6.07 Å². The van der Waals surface area contributed by atoms with Crippen LogP contribution in [0.1, 0.15) is 11.1 Å². The van der Waals surface area contributed by atoms with E-state index in [-0.39, 0.29) is 11.3 Å². The van der Waals surface area contributed by atoms with Crippen LogP contribution in [-0.2, 0) is 11.3 Å². The molecule has 0 amide bonds. The van der Waals surface area contributed by atoms with Gasteiger partial charge in [0.2, 0.25) is 0 Å². The molecule has 0 aliphatic rings. The third-order valence-corrected chi connectivity index (χ3v) is 2.50. The van der Waals surface area contributed by atoms with Gasteiger partial charge in [0.15, 0.2) is 0 Å². The molecule has 0 spiro atoms. The maximum absolute atomic E-state index is 12.6. The highest BCUT2D eigenvalue weighted by atomic mass is 19.4. The topological polar surface area (TPSA) is 52.4 Å². The van der Waals surface area contributed by atoms with Crippen molar-refractivity contribution in [3.05, 3.63) is 39.4 Å². The highest BCUT2D eigenvalue weighted by molar-refractivity contribution is 5.38. The molecule has 1 aromatic rings. The van der Waals surface area contributed by atoms with Gasteiger partial charge in [-0.3, -0.25) is 10.1 Å². The second-order valence-corrected chi connectivity index (χ2v) is 4.06. The average Bonchev–Trinajstić information content (AvgIpc) is 2.29. The van der Waals surface area contributed by atoms with Crippen LogP contribution in [0.5, 0.6) is 0 Å². The van der Waals surface area contributed by atoms with E-state index in [1.54, 1.807) is 0 Å². The Balaban J connectivity index is 2.71. The molecule has 0 saturated carbocycles. The number of benzene rings is 1. The van der Waals surface area contributed by atoms with Gasteiger partial charge in [-0.2, -0.15) is 22.0 Å². The quantitative estimate of drug-likeness (QED) is 0.474. The van der Waals surface area contributed by atoms with E-state index in [0.29, 0.717) is 5.56 Å². The van der Waals surface area contributed by atoms with Crippen LogP contribution in [0.15, 0.2) is 18.2 Å². The molecule has 0 fully saturated rings. The number of non-ortho nitro benzene ring substituents is 1. The molecule has 4 nitrogen and oxygen atoms in total. The first-order valence-corrected chi connectivity index (χ1v) is 5.31. The second kappa shape index (κ2) is 5.70. The summed E-state index contributed by atoms with van der Waals surface area (Å²) < 4.78 is 65.2. The minimum Gasteiger partial charge on any atom is -0.370 e. The van der Waals surface area contributed by atoms with Crippen molar-refractivity contribution in [1.82, 2.24) is 0 Å². The Hall–Kier alpha value is -1.77. The summed E-state index contributed by atoms with van der Waals surface area (Å²) in [5, 5.41) is 10.5. The zero-order valence-electron chi connectivity index (χ0n) is 10.2. The Morgan fingerprint density at radius 2 is 1.85 bits per heavy atom. The summed E-state index contributed by atoms with van der Waals surface area (Å²) in [6.07, 6.45) is -5.69. The van der Waals surface area contributed by atoms with Gasteiger partial charge in [-0.25, -0.2) is 0 Å². The van der Waals surface area contributed by atoms with E-state index in [1.807, 2.05) is 0 Å². The minimum absolute atomic E-state index is 0.178. The number of halogens is 5. The van der Waals surface area contributed by atoms with Crippen molar-refractivity contribution in [2.75, 3.05) is 6.61 Å². The summed E-state index contributed by atoms with van der Waals surface area (Å²) in [4.78, 5) is 9.82. The van der Waals surface area contributed by atoms with Crippen LogP contribution in [0, 0.1) is 17.0 Å². The van der Waals surface area contributed by atoms with E-state index >= 15 is 0 Å². The first-order chi connectivity index (χ1) is 9.04. The molecule has 0 atom stereocenters. The van der Waals surface area contributed by atoms with Gasteiger partial charge in [0.05, 0.1) is 11.5 Å². The number of rotatable bonds is 5. The lowest BCUT2D eigenvalue weighted by atomic mass is 10.1.